The summed E-state index contributed by atoms with van der Waals surface area (Å²) in [6.07, 6.45) is 0.807. The molecular weight excluding hydrogens is 196 g/mol. The first-order chi connectivity index (χ1) is 7.13. The summed E-state index contributed by atoms with van der Waals surface area (Å²) in [6.45, 7) is 0. The van der Waals surface area contributed by atoms with Crippen LogP contribution < -0.4 is 0 Å². The van der Waals surface area contributed by atoms with E-state index in [9.17, 15) is 9.59 Å². The standard InChI is InChI=1S/C11H12O4/c12-6-5-9(7-11(14)15)8-1-3-10(13)4-2-8/h1-4,6,9,13H,5,7H2,(H,14,15). The molecule has 0 aliphatic heterocycles. The van der Waals surface area contributed by atoms with E-state index in [-0.39, 0.29) is 24.5 Å². The number of aldehydes is 1. The number of phenols is 1. The molecule has 0 spiro atoms. The number of phenolic OH excluding ortho intramolecular Hbond substituents is 1. The lowest BCUT2D eigenvalue weighted by Gasteiger charge is -2.11. The SMILES string of the molecule is O=CCC(CC(=O)O)c1ccc(O)cc1. The molecule has 15 heavy (non-hydrogen) atoms. The Morgan fingerprint density at radius 3 is 2.40 bits per heavy atom. The molecule has 80 valence electrons. The van der Waals surface area contributed by atoms with Crippen molar-refractivity contribution < 1.29 is 19.8 Å². The summed E-state index contributed by atoms with van der Waals surface area (Å²) in [6, 6.07) is 6.23. The van der Waals surface area contributed by atoms with Crippen LogP contribution in [0, 0.1) is 0 Å². The summed E-state index contributed by atoms with van der Waals surface area (Å²) in [5.41, 5.74) is 0.752. The van der Waals surface area contributed by atoms with Gasteiger partial charge in [0.2, 0.25) is 0 Å². The van der Waals surface area contributed by atoms with E-state index < -0.39 is 5.97 Å². The molecule has 1 rings (SSSR count). The molecule has 0 radical (unpaired) electrons. The summed E-state index contributed by atoms with van der Waals surface area (Å²) >= 11 is 0. The van der Waals surface area contributed by atoms with Gasteiger partial charge in [0.1, 0.15) is 12.0 Å². The van der Waals surface area contributed by atoms with Crippen molar-refractivity contribution in [1.29, 1.82) is 0 Å². The number of carbonyl (C=O) groups is 2. The molecule has 0 aliphatic carbocycles. The van der Waals surface area contributed by atoms with Gasteiger partial charge in [0.25, 0.3) is 0 Å². The minimum atomic E-state index is -0.935. The fraction of sp³-hybridized carbons (Fsp3) is 0.273. The van der Waals surface area contributed by atoms with Crippen molar-refractivity contribution in [2.75, 3.05) is 0 Å². The van der Waals surface area contributed by atoms with E-state index >= 15 is 0 Å². The van der Waals surface area contributed by atoms with Crippen LogP contribution in [0.3, 0.4) is 0 Å². The Hall–Kier alpha value is -1.84. The third kappa shape index (κ3) is 3.42. The van der Waals surface area contributed by atoms with E-state index in [2.05, 4.69) is 0 Å². The van der Waals surface area contributed by atoms with Crippen LogP contribution in [0.15, 0.2) is 24.3 Å². The third-order valence-electron chi connectivity index (χ3n) is 2.17. The zero-order valence-electron chi connectivity index (χ0n) is 8.09. The van der Waals surface area contributed by atoms with Crippen LogP contribution in [0.4, 0.5) is 0 Å². The van der Waals surface area contributed by atoms with Crippen molar-refractivity contribution in [2.24, 2.45) is 0 Å². The molecule has 0 amide bonds. The van der Waals surface area contributed by atoms with E-state index in [1.165, 1.54) is 12.1 Å². The largest absolute Gasteiger partial charge is 0.508 e. The maximum absolute atomic E-state index is 10.6. The van der Waals surface area contributed by atoms with Crippen molar-refractivity contribution in [3.63, 3.8) is 0 Å². The summed E-state index contributed by atoms with van der Waals surface area (Å²) < 4.78 is 0. The first-order valence-corrected chi connectivity index (χ1v) is 4.58. The topological polar surface area (TPSA) is 74.6 Å². The lowest BCUT2D eigenvalue weighted by atomic mass is 9.93. The van der Waals surface area contributed by atoms with Crippen molar-refractivity contribution in [2.45, 2.75) is 18.8 Å². The minimum Gasteiger partial charge on any atom is -0.508 e. The van der Waals surface area contributed by atoms with Gasteiger partial charge in [-0.3, -0.25) is 4.79 Å². The van der Waals surface area contributed by atoms with Crippen molar-refractivity contribution in [3.05, 3.63) is 29.8 Å². The van der Waals surface area contributed by atoms with Gasteiger partial charge < -0.3 is 15.0 Å². The maximum atomic E-state index is 10.6. The number of aliphatic carboxylic acids is 1. The Labute approximate surface area is 87.2 Å². The number of aromatic hydroxyl groups is 1. The van der Waals surface area contributed by atoms with Gasteiger partial charge in [-0.05, 0) is 17.7 Å². The molecule has 0 bridgehead atoms. The molecule has 2 N–H and O–H groups in total. The fourth-order valence-corrected chi connectivity index (χ4v) is 1.41. The Morgan fingerprint density at radius 1 is 1.33 bits per heavy atom. The number of benzene rings is 1. The number of carboxylic acids is 1. The molecule has 0 aromatic heterocycles. The van der Waals surface area contributed by atoms with E-state index in [4.69, 9.17) is 10.2 Å². The van der Waals surface area contributed by atoms with Crippen LogP contribution >= 0.6 is 0 Å². The average Bonchev–Trinajstić information content (AvgIpc) is 2.17. The van der Waals surface area contributed by atoms with Gasteiger partial charge in [-0.15, -0.1) is 0 Å². The minimum absolute atomic E-state index is 0.0798. The molecular formula is C11H12O4. The highest BCUT2D eigenvalue weighted by Gasteiger charge is 2.14. The number of rotatable bonds is 5. The molecule has 0 heterocycles. The molecule has 0 aliphatic rings. The number of hydrogen-bond acceptors (Lipinski definition) is 3. The van der Waals surface area contributed by atoms with Crippen LogP contribution in [0.5, 0.6) is 5.75 Å². The first kappa shape index (κ1) is 11.2. The monoisotopic (exact) mass is 208 g/mol. The predicted octanol–water partition coefficient (Wildman–Crippen LogP) is 1.54. The molecule has 0 saturated heterocycles. The lowest BCUT2D eigenvalue weighted by molar-refractivity contribution is -0.137. The Morgan fingerprint density at radius 2 is 1.93 bits per heavy atom. The number of carbonyl (C=O) groups excluding carboxylic acids is 1. The highest BCUT2D eigenvalue weighted by atomic mass is 16.4. The highest BCUT2D eigenvalue weighted by molar-refractivity contribution is 5.69. The molecule has 4 nitrogen and oxygen atoms in total. The molecule has 1 unspecified atom stereocenters. The van der Waals surface area contributed by atoms with E-state index in [0.717, 1.165) is 5.56 Å². The number of carboxylic acid groups (broad SMARTS) is 1. The van der Waals surface area contributed by atoms with Crippen LogP contribution in [0.25, 0.3) is 0 Å². The van der Waals surface area contributed by atoms with Crippen LogP contribution in [-0.2, 0) is 9.59 Å². The van der Waals surface area contributed by atoms with Gasteiger partial charge in [0.15, 0.2) is 0 Å². The van der Waals surface area contributed by atoms with Crippen molar-refractivity contribution in [3.8, 4) is 5.75 Å². The Balaban J connectivity index is 2.83. The number of hydrogen-bond donors (Lipinski definition) is 2. The van der Waals surface area contributed by atoms with Crippen LogP contribution in [-0.4, -0.2) is 22.5 Å². The summed E-state index contributed by atoms with van der Waals surface area (Å²) in [4.78, 5) is 21.0. The Bertz CT molecular complexity index is 342. The van der Waals surface area contributed by atoms with E-state index in [1.807, 2.05) is 0 Å². The van der Waals surface area contributed by atoms with Gasteiger partial charge in [0, 0.05) is 12.3 Å². The summed E-state index contributed by atoms with van der Waals surface area (Å²) in [5, 5.41) is 17.7. The lowest BCUT2D eigenvalue weighted by Crippen LogP contribution is -2.06. The van der Waals surface area contributed by atoms with Gasteiger partial charge >= 0.3 is 5.97 Å². The predicted molar refractivity (Wildman–Crippen MR) is 53.8 cm³/mol. The second-order valence-corrected chi connectivity index (χ2v) is 3.29. The molecule has 0 saturated carbocycles. The zero-order valence-corrected chi connectivity index (χ0v) is 8.09. The Kier molecular flexibility index (Phi) is 3.85. The van der Waals surface area contributed by atoms with Crippen LogP contribution in [0.2, 0.25) is 0 Å². The maximum Gasteiger partial charge on any atom is 0.303 e. The summed E-state index contributed by atoms with van der Waals surface area (Å²) in [7, 11) is 0. The van der Waals surface area contributed by atoms with Gasteiger partial charge in [0.05, 0.1) is 6.42 Å². The average molecular weight is 208 g/mol. The van der Waals surface area contributed by atoms with Gasteiger partial charge in [-0.2, -0.15) is 0 Å². The van der Waals surface area contributed by atoms with Crippen molar-refractivity contribution in [1.82, 2.24) is 0 Å². The quantitative estimate of drug-likeness (QED) is 0.720. The van der Waals surface area contributed by atoms with Crippen molar-refractivity contribution >= 4 is 12.3 Å². The molecule has 1 aromatic carbocycles. The van der Waals surface area contributed by atoms with Gasteiger partial charge in [-0.25, -0.2) is 0 Å². The molecule has 4 heteroatoms. The third-order valence-corrected chi connectivity index (χ3v) is 2.17. The molecule has 1 atom stereocenters. The normalized spacial score (nSPS) is 12.0. The fourth-order valence-electron chi connectivity index (χ4n) is 1.41. The van der Waals surface area contributed by atoms with E-state index in [0.29, 0.717) is 6.29 Å². The van der Waals surface area contributed by atoms with E-state index in [1.54, 1.807) is 12.1 Å². The second kappa shape index (κ2) is 5.14. The molecule has 0 fully saturated rings. The second-order valence-electron chi connectivity index (χ2n) is 3.29. The highest BCUT2D eigenvalue weighted by Crippen LogP contribution is 2.24. The molecule has 1 aromatic rings. The smallest absolute Gasteiger partial charge is 0.303 e. The summed E-state index contributed by atoms with van der Waals surface area (Å²) in [5.74, 6) is -1.13. The zero-order chi connectivity index (χ0) is 11.3. The first-order valence-electron chi connectivity index (χ1n) is 4.58. The van der Waals surface area contributed by atoms with Crippen LogP contribution in [0.1, 0.15) is 24.3 Å². The van der Waals surface area contributed by atoms with Gasteiger partial charge in [-0.1, -0.05) is 12.1 Å².